The molecule has 0 saturated heterocycles. The Morgan fingerprint density at radius 2 is 1.86 bits per heavy atom. The third kappa shape index (κ3) is 4.12. The number of nitrogens with one attached hydrogen (secondary N) is 2. The maximum atomic E-state index is 14.1. The fourth-order valence-corrected chi connectivity index (χ4v) is 4.21. The molecule has 176 valence electrons. The average Bonchev–Trinajstić information content (AvgIpc) is 2.93. The average molecular weight is 475 g/mol. The fourth-order valence-electron chi connectivity index (χ4n) is 4.21. The zero-order valence-electron chi connectivity index (χ0n) is 19.7. The molecule has 0 spiro atoms. The number of nitrogens with zero attached hydrogens (tertiary/aromatic N) is 6. The number of hydrogen-bond donors (Lipinski definition) is 2. The molecule has 3 heterocycles. The third-order valence-electron chi connectivity index (χ3n) is 5.91. The van der Waals surface area contributed by atoms with E-state index in [2.05, 4.69) is 36.9 Å². The van der Waals surface area contributed by atoms with Crippen molar-refractivity contribution in [2.24, 2.45) is 0 Å². The first-order chi connectivity index (χ1) is 17.6. The standard InChI is InChI=1S/C27H22N8O/c1-17(33-25-20(14-28)15-30-27(29-2)34-25)23-13-18-7-6-10-22(19-11-12-31-32-16-19)24(18)26(36)35(23)21-8-4-3-5-9-21/h3-13,15-17H,1-2H3,(H2,29,30,33,34). The molecule has 2 N–H and O–H groups in total. The smallest absolute Gasteiger partial charge is 0.263 e. The van der Waals surface area contributed by atoms with Crippen molar-refractivity contribution in [1.82, 2.24) is 24.7 Å². The maximum absolute atomic E-state index is 14.1. The van der Waals surface area contributed by atoms with Crippen LogP contribution in [0.3, 0.4) is 0 Å². The Bertz CT molecular complexity index is 1640. The molecule has 0 aliphatic heterocycles. The van der Waals surface area contributed by atoms with Gasteiger partial charge in [-0.2, -0.15) is 20.4 Å². The second-order valence-corrected chi connectivity index (χ2v) is 8.13. The van der Waals surface area contributed by atoms with Gasteiger partial charge >= 0.3 is 0 Å². The van der Waals surface area contributed by atoms with Gasteiger partial charge in [0.05, 0.1) is 30.0 Å². The SMILES string of the molecule is CNc1ncc(C#N)c(NC(C)c2cc3cccc(-c4ccnnc4)c3c(=O)n2-c2ccccc2)n1. The molecule has 36 heavy (non-hydrogen) atoms. The molecule has 2 aromatic carbocycles. The molecule has 0 radical (unpaired) electrons. The van der Waals surface area contributed by atoms with Crippen molar-refractivity contribution < 1.29 is 0 Å². The highest BCUT2D eigenvalue weighted by molar-refractivity contribution is 5.96. The van der Waals surface area contributed by atoms with E-state index in [9.17, 15) is 10.1 Å². The molecule has 0 aliphatic carbocycles. The van der Waals surface area contributed by atoms with E-state index in [4.69, 9.17) is 0 Å². The molecule has 5 aromatic rings. The van der Waals surface area contributed by atoms with Crippen LogP contribution in [-0.2, 0) is 0 Å². The molecule has 3 aromatic heterocycles. The van der Waals surface area contributed by atoms with Crippen LogP contribution in [0, 0.1) is 11.3 Å². The van der Waals surface area contributed by atoms with Crippen molar-refractivity contribution in [3.8, 4) is 22.9 Å². The number of anilines is 2. The van der Waals surface area contributed by atoms with Gasteiger partial charge in [0, 0.05) is 24.0 Å². The highest BCUT2D eigenvalue weighted by atomic mass is 16.1. The van der Waals surface area contributed by atoms with Crippen molar-refractivity contribution in [1.29, 1.82) is 5.26 Å². The van der Waals surface area contributed by atoms with Crippen molar-refractivity contribution >= 4 is 22.5 Å². The summed E-state index contributed by atoms with van der Waals surface area (Å²) in [7, 11) is 1.71. The van der Waals surface area contributed by atoms with Gasteiger partial charge in [0.1, 0.15) is 17.5 Å². The Labute approximate surface area is 207 Å². The summed E-state index contributed by atoms with van der Waals surface area (Å²) < 4.78 is 1.70. The van der Waals surface area contributed by atoms with Crippen LogP contribution in [0.25, 0.3) is 27.6 Å². The van der Waals surface area contributed by atoms with E-state index >= 15 is 0 Å². The van der Waals surface area contributed by atoms with Gasteiger partial charge in [-0.15, -0.1) is 0 Å². The minimum atomic E-state index is -0.375. The van der Waals surface area contributed by atoms with E-state index in [1.165, 1.54) is 6.20 Å². The molecule has 5 rings (SSSR count). The van der Waals surface area contributed by atoms with Crippen LogP contribution in [-0.4, -0.2) is 31.8 Å². The lowest BCUT2D eigenvalue weighted by Crippen LogP contribution is -2.26. The minimum absolute atomic E-state index is 0.158. The van der Waals surface area contributed by atoms with Gasteiger partial charge in [0.15, 0.2) is 0 Å². The maximum Gasteiger partial charge on any atom is 0.263 e. The van der Waals surface area contributed by atoms with E-state index < -0.39 is 0 Å². The third-order valence-corrected chi connectivity index (χ3v) is 5.91. The molecule has 1 unspecified atom stereocenters. The van der Waals surface area contributed by atoms with Gasteiger partial charge in [-0.1, -0.05) is 36.4 Å². The summed E-state index contributed by atoms with van der Waals surface area (Å²) in [6.07, 6.45) is 4.72. The monoisotopic (exact) mass is 474 g/mol. The Hall–Kier alpha value is -5.10. The number of hydrogen-bond acceptors (Lipinski definition) is 8. The number of pyridine rings is 1. The largest absolute Gasteiger partial charge is 0.361 e. The molecule has 1 atom stereocenters. The van der Waals surface area contributed by atoms with Gasteiger partial charge in [-0.05, 0) is 42.1 Å². The molecule has 0 fully saturated rings. The normalized spacial score (nSPS) is 11.6. The second-order valence-electron chi connectivity index (χ2n) is 8.13. The number of aromatic nitrogens is 5. The highest BCUT2D eigenvalue weighted by Crippen LogP contribution is 2.30. The molecule has 0 bridgehead atoms. The predicted molar refractivity (Wildman–Crippen MR) is 139 cm³/mol. The number of nitriles is 1. The molecule has 0 aliphatic rings. The summed E-state index contributed by atoms with van der Waals surface area (Å²) >= 11 is 0. The van der Waals surface area contributed by atoms with E-state index in [0.717, 1.165) is 27.9 Å². The van der Waals surface area contributed by atoms with Crippen molar-refractivity contribution in [2.75, 3.05) is 17.7 Å². The predicted octanol–water partition coefficient (Wildman–Crippen LogP) is 4.32. The topological polar surface area (TPSA) is 121 Å². The van der Waals surface area contributed by atoms with Gasteiger partial charge in [0.25, 0.3) is 5.56 Å². The van der Waals surface area contributed by atoms with Gasteiger partial charge in [-0.3, -0.25) is 9.36 Å². The lowest BCUT2D eigenvalue weighted by Gasteiger charge is -2.22. The van der Waals surface area contributed by atoms with Crippen LogP contribution in [0.5, 0.6) is 0 Å². The van der Waals surface area contributed by atoms with Gasteiger partial charge in [-0.25, -0.2) is 4.98 Å². The van der Waals surface area contributed by atoms with Gasteiger partial charge < -0.3 is 10.6 Å². The van der Waals surface area contributed by atoms with Crippen molar-refractivity contribution in [3.05, 3.63) is 101 Å². The van der Waals surface area contributed by atoms with E-state index in [0.29, 0.717) is 22.7 Å². The van der Waals surface area contributed by atoms with Crippen LogP contribution in [0.2, 0.25) is 0 Å². The lowest BCUT2D eigenvalue weighted by molar-refractivity contribution is 0.772. The second kappa shape index (κ2) is 9.64. The number of fused-ring (bicyclic) bond motifs is 1. The first-order valence-corrected chi connectivity index (χ1v) is 11.3. The van der Waals surface area contributed by atoms with E-state index in [-0.39, 0.29) is 11.6 Å². The summed E-state index contributed by atoms with van der Waals surface area (Å²) in [6.45, 7) is 1.93. The van der Waals surface area contributed by atoms with Crippen LogP contribution < -0.4 is 16.2 Å². The van der Waals surface area contributed by atoms with E-state index in [1.807, 2.05) is 67.6 Å². The summed E-state index contributed by atoms with van der Waals surface area (Å²) in [5.41, 5.74) is 3.19. The van der Waals surface area contributed by atoms with Gasteiger partial charge in [0.2, 0.25) is 5.95 Å². The van der Waals surface area contributed by atoms with Crippen molar-refractivity contribution in [2.45, 2.75) is 13.0 Å². The summed E-state index contributed by atoms with van der Waals surface area (Å²) in [5, 5.41) is 25.0. The number of para-hydroxylation sites is 1. The summed E-state index contributed by atoms with van der Waals surface area (Å²) in [4.78, 5) is 22.7. The van der Waals surface area contributed by atoms with Crippen LogP contribution in [0.1, 0.15) is 24.2 Å². The number of benzene rings is 2. The molecule has 9 nitrogen and oxygen atoms in total. The zero-order chi connectivity index (χ0) is 25.1. The van der Waals surface area contributed by atoms with Crippen molar-refractivity contribution in [3.63, 3.8) is 0 Å². The first-order valence-electron chi connectivity index (χ1n) is 11.3. The lowest BCUT2D eigenvalue weighted by atomic mass is 9.99. The fraction of sp³-hybridized carbons (Fsp3) is 0.111. The quantitative estimate of drug-likeness (QED) is 0.373. The summed E-state index contributed by atoms with van der Waals surface area (Å²) in [6, 6.07) is 20.8. The molecule has 0 amide bonds. The zero-order valence-corrected chi connectivity index (χ0v) is 19.7. The Morgan fingerprint density at radius 1 is 1.03 bits per heavy atom. The minimum Gasteiger partial charge on any atom is -0.361 e. The van der Waals surface area contributed by atoms with Crippen LogP contribution in [0.4, 0.5) is 11.8 Å². The Balaban J connectivity index is 1.73. The van der Waals surface area contributed by atoms with Crippen LogP contribution >= 0.6 is 0 Å². The first kappa shape index (κ1) is 22.7. The molecule has 9 heteroatoms. The molecule has 0 saturated carbocycles. The number of rotatable bonds is 6. The molecular weight excluding hydrogens is 452 g/mol. The summed E-state index contributed by atoms with van der Waals surface area (Å²) in [5.74, 6) is 0.770. The van der Waals surface area contributed by atoms with E-state index in [1.54, 1.807) is 24.0 Å². The Kier molecular flexibility index (Phi) is 6.07. The molecular formula is C27H22N8O. The Morgan fingerprint density at radius 3 is 2.58 bits per heavy atom. The highest BCUT2D eigenvalue weighted by Gasteiger charge is 2.20. The van der Waals surface area contributed by atoms with Crippen LogP contribution in [0.15, 0.2) is 84.0 Å².